The van der Waals surface area contributed by atoms with Gasteiger partial charge < -0.3 is 4.74 Å². The molecule has 0 unspecified atom stereocenters. The summed E-state index contributed by atoms with van der Waals surface area (Å²) >= 11 is 0. The number of nitrogens with zero attached hydrogens (tertiary/aromatic N) is 3. The lowest BCUT2D eigenvalue weighted by molar-refractivity contribution is -0.0498. The smallest absolute Gasteiger partial charge is 0.387 e. The molecule has 166 valence electrons. The van der Waals surface area contributed by atoms with Crippen molar-refractivity contribution in [1.82, 2.24) is 15.4 Å². The Morgan fingerprint density at radius 2 is 1.88 bits per heavy atom. The summed E-state index contributed by atoms with van der Waals surface area (Å²) in [6.45, 7) is -1.00. The molecule has 0 atom stereocenters. The van der Waals surface area contributed by atoms with Crippen LogP contribution in [0.25, 0.3) is 22.2 Å². The first kappa shape index (κ1) is 22.0. The number of para-hydroxylation sites is 1. The predicted molar refractivity (Wildman–Crippen MR) is 122 cm³/mol. The topological polar surface area (TPSA) is 76.5 Å². The molecule has 0 fully saturated rings. The van der Waals surface area contributed by atoms with Gasteiger partial charge in [0.1, 0.15) is 5.75 Å². The lowest BCUT2D eigenvalue weighted by atomic mass is 10.0. The minimum Gasteiger partial charge on any atom is -0.435 e. The lowest BCUT2D eigenvalue weighted by Gasteiger charge is -2.10. The van der Waals surface area contributed by atoms with Crippen molar-refractivity contribution >= 4 is 22.5 Å². The molecule has 8 heteroatoms. The molecule has 0 aliphatic heterocycles. The number of hydrazone groups is 1. The zero-order chi connectivity index (χ0) is 23.2. The van der Waals surface area contributed by atoms with E-state index >= 15 is 0 Å². The number of alkyl halides is 2. The Labute approximate surface area is 189 Å². The minimum absolute atomic E-state index is 0.0550. The first-order valence-corrected chi connectivity index (χ1v) is 10.3. The molecule has 6 nitrogen and oxygen atoms in total. The second-order valence-corrected chi connectivity index (χ2v) is 7.07. The Hall–Kier alpha value is -4.20. The predicted octanol–water partition coefficient (Wildman–Crippen LogP) is 5.44. The van der Waals surface area contributed by atoms with Crippen LogP contribution in [0.4, 0.5) is 8.78 Å². The summed E-state index contributed by atoms with van der Waals surface area (Å²) in [5.74, 6) is -0.332. The van der Waals surface area contributed by atoms with E-state index in [0.717, 1.165) is 5.56 Å². The first-order chi connectivity index (χ1) is 16.0. The number of hydrogen-bond acceptors (Lipinski definition) is 5. The average molecular weight is 446 g/mol. The van der Waals surface area contributed by atoms with Crippen molar-refractivity contribution in [2.75, 3.05) is 0 Å². The van der Waals surface area contributed by atoms with Crippen LogP contribution in [0.15, 0.2) is 84.2 Å². The van der Waals surface area contributed by atoms with Gasteiger partial charge in [-0.2, -0.15) is 13.9 Å². The molecular weight excluding hydrogens is 426 g/mol. The third-order valence-electron chi connectivity index (χ3n) is 4.96. The number of benzene rings is 2. The summed E-state index contributed by atoms with van der Waals surface area (Å²) in [5.41, 5.74) is 6.43. The fourth-order valence-corrected chi connectivity index (χ4v) is 3.38. The average Bonchev–Trinajstić information content (AvgIpc) is 2.84. The van der Waals surface area contributed by atoms with Crippen LogP contribution in [-0.2, 0) is 0 Å². The van der Waals surface area contributed by atoms with Crippen LogP contribution >= 0.6 is 0 Å². The van der Waals surface area contributed by atoms with Crippen LogP contribution in [0.2, 0.25) is 0 Å². The van der Waals surface area contributed by atoms with Crippen LogP contribution < -0.4 is 10.2 Å². The van der Waals surface area contributed by atoms with Gasteiger partial charge in [0.05, 0.1) is 22.5 Å². The summed E-state index contributed by atoms with van der Waals surface area (Å²) in [7, 11) is 0. The van der Waals surface area contributed by atoms with E-state index in [1.54, 1.807) is 36.7 Å². The number of hydrogen-bond donors (Lipinski definition) is 1. The number of nitrogens with one attached hydrogen (secondary N) is 1. The van der Waals surface area contributed by atoms with Crippen molar-refractivity contribution in [3.8, 4) is 17.0 Å². The highest BCUT2D eigenvalue weighted by Crippen LogP contribution is 2.24. The van der Waals surface area contributed by atoms with E-state index in [0.29, 0.717) is 39.9 Å². The number of rotatable bonds is 7. The number of ether oxygens (including phenoxy) is 1. The summed E-state index contributed by atoms with van der Waals surface area (Å²) in [4.78, 5) is 21.9. The van der Waals surface area contributed by atoms with Gasteiger partial charge in [0, 0.05) is 23.3 Å². The second kappa shape index (κ2) is 9.95. The van der Waals surface area contributed by atoms with E-state index in [-0.39, 0.29) is 11.7 Å². The van der Waals surface area contributed by atoms with E-state index < -0.39 is 6.61 Å². The highest BCUT2D eigenvalue weighted by atomic mass is 19.3. The summed E-state index contributed by atoms with van der Waals surface area (Å²) in [6, 6.07) is 18.9. The highest BCUT2D eigenvalue weighted by Gasteiger charge is 2.14. The number of halogens is 2. The third kappa shape index (κ3) is 5.17. The molecule has 0 spiro atoms. The van der Waals surface area contributed by atoms with Crippen LogP contribution in [-0.4, -0.2) is 28.2 Å². The molecule has 2 heterocycles. The number of amides is 1. The molecule has 0 radical (unpaired) electrons. The fourth-order valence-electron chi connectivity index (χ4n) is 3.38. The second-order valence-electron chi connectivity index (χ2n) is 7.07. The Bertz CT molecular complexity index is 1290. The summed E-state index contributed by atoms with van der Waals surface area (Å²) in [6.07, 6.45) is 3.88. The largest absolute Gasteiger partial charge is 0.435 e. The quantitative estimate of drug-likeness (QED) is 0.303. The van der Waals surface area contributed by atoms with Gasteiger partial charge in [-0.1, -0.05) is 25.1 Å². The van der Waals surface area contributed by atoms with E-state index in [9.17, 15) is 13.6 Å². The summed E-state index contributed by atoms with van der Waals surface area (Å²) in [5, 5.41) is 4.98. The maximum atomic E-state index is 13.1. The van der Waals surface area contributed by atoms with E-state index in [1.165, 1.54) is 12.1 Å². The Morgan fingerprint density at radius 1 is 1.09 bits per heavy atom. The SMILES string of the molecule is CC/C(=N\NC(=O)c1cc(-c2cccnc2)nc2ccccc12)c1ccc(OC(F)F)cc1. The Kier molecular flexibility index (Phi) is 6.64. The molecule has 0 saturated carbocycles. The van der Waals surface area contributed by atoms with Gasteiger partial charge in [0.2, 0.25) is 0 Å². The third-order valence-corrected chi connectivity index (χ3v) is 4.96. The molecule has 2 aromatic heterocycles. The normalized spacial score (nSPS) is 11.6. The van der Waals surface area contributed by atoms with Crippen LogP contribution in [0.1, 0.15) is 29.3 Å². The zero-order valence-electron chi connectivity index (χ0n) is 17.7. The molecule has 33 heavy (non-hydrogen) atoms. The number of aromatic nitrogens is 2. The van der Waals surface area contributed by atoms with Crippen LogP contribution in [0.3, 0.4) is 0 Å². The molecule has 4 rings (SSSR count). The molecule has 2 aromatic carbocycles. The standard InChI is InChI=1S/C25H20F2N4O2/c1-2-21(16-9-11-18(12-10-16)33-25(26)27)30-31-24(32)20-14-23(17-6-5-13-28-15-17)29-22-8-4-3-7-19(20)22/h3-15,25H,2H2,1H3,(H,31,32)/b30-21+. The molecule has 0 aliphatic carbocycles. The molecule has 0 bridgehead atoms. The van der Waals surface area contributed by atoms with Gasteiger partial charge in [-0.3, -0.25) is 9.78 Å². The van der Waals surface area contributed by atoms with E-state index in [1.807, 2.05) is 37.3 Å². The van der Waals surface area contributed by atoms with Crippen molar-refractivity contribution < 1.29 is 18.3 Å². The number of fused-ring (bicyclic) bond motifs is 1. The first-order valence-electron chi connectivity index (χ1n) is 10.3. The van der Waals surface area contributed by atoms with Gasteiger partial charge in [-0.25, -0.2) is 10.4 Å². The van der Waals surface area contributed by atoms with E-state index in [2.05, 4.69) is 25.2 Å². The molecule has 0 saturated heterocycles. The number of pyridine rings is 2. The maximum Gasteiger partial charge on any atom is 0.387 e. The van der Waals surface area contributed by atoms with Gasteiger partial charge in [0.25, 0.3) is 5.91 Å². The maximum absolute atomic E-state index is 13.1. The molecule has 1 amide bonds. The Morgan fingerprint density at radius 3 is 2.58 bits per heavy atom. The number of carbonyl (C=O) groups is 1. The summed E-state index contributed by atoms with van der Waals surface area (Å²) < 4.78 is 29.1. The van der Waals surface area contributed by atoms with E-state index in [4.69, 9.17) is 0 Å². The minimum atomic E-state index is -2.89. The van der Waals surface area contributed by atoms with Crippen molar-refractivity contribution in [2.45, 2.75) is 20.0 Å². The van der Waals surface area contributed by atoms with Gasteiger partial charge in [0.15, 0.2) is 0 Å². The van der Waals surface area contributed by atoms with Crippen LogP contribution in [0.5, 0.6) is 5.75 Å². The zero-order valence-corrected chi connectivity index (χ0v) is 17.7. The molecule has 0 aliphatic rings. The van der Waals surface area contributed by atoms with Crippen molar-refractivity contribution in [1.29, 1.82) is 0 Å². The Balaban J connectivity index is 1.63. The fraction of sp³-hybridized carbons (Fsp3) is 0.120. The molecular formula is C25H20F2N4O2. The number of carbonyl (C=O) groups excluding carboxylic acids is 1. The lowest BCUT2D eigenvalue weighted by Crippen LogP contribution is -2.20. The van der Waals surface area contributed by atoms with Crippen LogP contribution in [0, 0.1) is 0 Å². The van der Waals surface area contributed by atoms with Gasteiger partial charge in [-0.05, 0) is 60.5 Å². The van der Waals surface area contributed by atoms with Crippen molar-refractivity contribution in [3.63, 3.8) is 0 Å². The van der Waals surface area contributed by atoms with Gasteiger partial charge in [-0.15, -0.1) is 0 Å². The molecule has 4 aromatic rings. The van der Waals surface area contributed by atoms with Gasteiger partial charge >= 0.3 is 6.61 Å². The highest BCUT2D eigenvalue weighted by molar-refractivity contribution is 6.08. The molecule has 1 N–H and O–H groups in total. The monoisotopic (exact) mass is 446 g/mol. The van der Waals surface area contributed by atoms with Crippen molar-refractivity contribution in [2.24, 2.45) is 5.10 Å². The van der Waals surface area contributed by atoms with Crippen molar-refractivity contribution in [3.05, 3.63) is 90.3 Å².